The van der Waals surface area contributed by atoms with E-state index < -0.39 is 0 Å². The van der Waals surface area contributed by atoms with Crippen molar-refractivity contribution in [2.45, 2.75) is 33.0 Å². The van der Waals surface area contributed by atoms with Crippen LogP contribution in [0.25, 0.3) is 0 Å². The van der Waals surface area contributed by atoms with Gasteiger partial charge >= 0.3 is 0 Å². The summed E-state index contributed by atoms with van der Waals surface area (Å²) in [6.07, 6.45) is 0.868. The summed E-state index contributed by atoms with van der Waals surface area (Å²) in [5.74, 6) is 1.67. The van der Waals surface area contributed by atoms with Gasteiger partial charge in [0.15, 0.2) is 5.96 Å². The Kier molecular flexibility index (Phi) is 10.2. The Labute approximate surface area is 181 Å². The van der Waals surface area contributed by atoms with Crippen molar-refractivity contribution in [2.75, 3.05) is 41.5 Å². The monoisotopic (exact) mass is 412 g/mol. The Hall–Kier alpha value is -2.57. The standard InChI is InChI=1S/C24H36N4O2/c1-19-10-11-22(23(14-19)30-13-7-12-29-5)17-27-24(25-2)26-16-20-8-6-9-21(15-20)18-28(3)4/h6,8-11,14-15H,7,12-13,16-18H2,1-5H3,(H2,25,26,27). The Morgan fingerprint density at radius 2 is 1.77 bits per heavy atom. The number of guanidine groups is 1. The van der Waals surface area contributed by atoms with Crippen LogP contribution in [0.5, 0.6) is 5.75 Å². The first-order valence-electron chi connectivity index (χ1n) is 10.4. The number of benzene rings is 2. The summed E-state index contributed by atoms with van der Waals surface area (Å²) in [4.78, 5) is 6.52. The first kappa shape index (κ1) is 23.7. The summed E-state index contributed by atoms with van der Waals surface area (Å²) in [5.41, 5.74) is 4.82. The molecule has 0 bridgehead atoms. The van der Waals surface area contributed by atoms with Crippen LogP contribution in [0.1, 0.15) is 28.7 Å². The maximum absolute atomic E-state index is 5.98. The third-order valence-electron chi connectivity index (χ3n) is 4.59. The molecule has 0 aliphatic rings. The summed E-state index contributed by atoms with van der Waals surface area (Å²) < 4.78 is 11.1. The first-order chi connectivity index (χ1) is 14.5. The third-order valence-corrected chi connectivity index (χ3v) is 4.59. The number of hydrogen-bond acceptors (Lipinski definition) is 4. The fraction of sp³-hybridized carbons (Fsp3) is 0.458. The number of nitrogens with zero attached hydrogens (tertiary/aromatic N) is 2. The summed E-state index contributed by atoms with van der Waals surface area (Å²) in [7, 11) is 7.66. The molecule has 6 heteroatoms. The molecule has 2 aromatic rings. The fourth-order valence-corrected chi connectivity index (χ4v) is 3.12. The van der Waals surface area contributed by atoms with Crippen LogP contribution in [0.15, 0.2) is 47.5 Å². The Bertz CT molecular complexity index is 806. The lowest BCUT2D eigenvalue weighted by Gasteiger charge is -2.16. The van der Waals surface area contributed by atoms with E-state index in [1.807, 2.05) is 0 Å². The van der Waals surface area contributed by atoms with Gasteiger partial charge in [-0.2, -0.15) is 0 Å². The van der Waals surface area contributed by atoms with Crippen molar-refractivity contribution in [1.29, 1.82) is 0 Å². The molecule has 2 rings (SSSR count). The zero-order chi connectivity index (χ0) is 21.8. The molecule has 30 heavy (non-hydrogen) atoms. The molecule has 0 atom stereocenters. The van der Waals surface area contributed by atoms with E-state index in [9.17, 15) is 0 Å². The third kappa shape index (κ3) is 8.43. The number of rotatable bonds is 11. The number of methoxy groups -OCH3 is 1. The highest BCUT2D eigenvalue weighted by Crippen LogP contribution is 2.20. The molecule has 2 N–H and O–H groups in total. The number of aryl methyl sites for hydroxylation is 1. The Morgan fingerprint density at radius 1 is 1.00 bits per heavy atom. The number of ether oxygens (including phenoxy) is 2. The van der Waals surface area contributed by atoms with Gasteiger partial charge in [0, 0.05) is 52.4 Å². The predicted octanol–water partition coefficient (Wildman–Crippen LogP) is 3.34. The van der Waals surface area contributed by atoms with Gasteiger partial charge in [-0.25, -0.2) is 0 Å². The van der Waals surface area contributed by atoms with Crippen molar-refractivity contribution in [2.24, 2.45) is 4.99 Å². The van der Waals surface area contributed by atoms with Crippen LogP contribution in [0.4, 0.5) is 0 Å². The van der Waals surface area contributed by atoms with Gasteiger partial charge in [0.2, 0.25) is 0 Å². The molecule has 0 aromatic heterocycles. The highest BCUT2D eigenvalue weighted by atomic mass is 16.5. The van der Waals surface area contributed by atoms with Crippen LogP contribution in [0.2, 0.25) is 0 Å². The van der Waals surface area contributed by atoms with Gasteiger partial charge in [-0.1, -0.05) is 36.4 Å². The van der Waals surface area contributed by atoms with Gasteiger partial charge in [-0.05, 0) is 43.8 Å². The molecule has 0 saturated heterocycles. The summed E-state index contributed by atoms with van der Waals surface area (Å²) in [6, 6.07) is 14.9. The molecule has 0 radical (unpaired) electrons. The van der Waals surface area contributed by atoms with E-state index >= 15 is 0 Å². The molecule has 0 fully saturated rings. The largest absolute Gasteiger partial charge is 0.493 e. The molecule has 2 aromatic carbocycles. The quantitative estimate of drug-likeness (QED) is 0.337. The van der Waals surface area contributed by atoms with Crippen LogP contribution in [-0.2, 0) is 24.4 Å². The van der Waals surface area contributed by atoms with Gasteiger partial charge in [0.1, 0.15) is 5.75 Å². The lowest BCUT2D eigenvalue weighted by molar-refractivity contribution is 0.171. The number of hydrogen-bond donors (Lipinski definition) is 2. The normalized spacial score (nSPS) is 11.6. The average molecular weight is 413 g/mol. The van der Waals surface area contributed by atoms with Gasteiger partial charge < -0.3 is 25.0 Å². The van der Waals surface area contributed by atoms with Crippen molar-refractivity contribution in [1.82, 2.24) is 15.5 Å². The van der Waals surface area contributed by atoms with E-state index in [2.05, 4.69) is 84.0 Å². The molecule has 0 saturated carbocycles. The molecule has 0 heterocycles. The van der Waals surface area contributed by atoms with E-state index in [1.54, 1.807) is 14.2 Å². The molecular formula is C24H36N4O2. The molecule has 6 nitrogen and oxygen atoms in total. The smallest absolute Gasteiger partial charge is 0.191 e. The predicted molar refractivity (Wildman–Crippen MR) is 124 cm³/mol. The molecule has 0 amide bonds. The maximum atomic E-state index is 5.98. The average Bonchev–Trinajstić information content (AvgIpc) is 2.72. The molecule has 0 spiro atoms. The van der Waals surface area contributed by atoms with Gasteiger partial charge in [0.05, 0.1) is 6.61 Å². The summed E-state index contributed by atoms with van der Waals surface area (Å²) in [6.45, 7) is 5.70. The highest BCUT2D eigenvalue weighted by molar-refractivity contribution is 5.79. The lowest BCUT2D eigenvalue weighted by atomic mass is 10.1. The second-order valence-corrected chi connectivity index (χ2v) is 7.64. The van der Waals surface area contributed by atoms with Crippen molar-refractivity contribution >= 4 is 5.96 Å². The highest BCUT2D eigenvalue weighted by Gasteiger charge is 2.07. The van der Waals surface area contributed by atoms with Crippen LogP contribution in [-0.4, -0.2) is 52.3 Å². The molecular weight excluding hydrogens is 376 g/mol. The second kappa shape index (κ2) is 12.9. The van der Waals surface area contributed by atoms with E-state index in [0.29, 0.717) is 19.8 Å². The Balaban J connectivity index is 1.91. The number of aliphatic imine (C=N–C) groups is 1. The molecule has 164 valence electrons. The van der Waals surface area contributed by atoms with Gasteiger partial charge in [-0.3, -0.25) is 4.99 Å². The van der Waals surface area contributed by atoms with E-state index in [-0.39, 0.29) is 0 Å². The van der Waals surface area contributed by atoms with Crippen LogP contribution in [0, 0.1) is 6.92 Å². The van der Waals surface area contributed by atoms with Crippen LogP contribution >= 0.6 is 0 Å². The molecule has 0 aliphatic carbocycles. The maximum Gasteiger partial charge on any atom is 0.191 e. The van der Waals surface area contributed by atoms with Gasteiger partial charge in [0.25, 0.3) is 0 Å². The fourth-order valence-electron chi connectivity index (χ4n) is 3.12. The van der Waals surface area contributed by atoms with E-state index in [4.69, 9.17) is 9.47 Å². The number of nitrogens with one attached hydrogen (secondary N) is 2. The Morgan fingerprint density at radius 3 is 2.50 bits per heavy atom. The summed E-state index contributed by atoms with van der Waals surface area (Å²) in [5, 5.41) is 6.79. The summed E-state index contributed by atoms with van der Waals surface area (Å²) >= 11 is 0. The zero-order valence-electron chi connectivity index (χ0n) is 19.0. The minimum absolute atomic E-state index is 0.639. The van der Waals surface area contributed by atoms with Crippen molar-refractivity contribution in [3.05, 3.63) is 64.7 Å². The SMILES string of the molecule is CN=C(NCc1cccc(CN(C)C)c1)NCc1ccc(C)cc1OCCCOC. The topological polar surface area (TPSA) is 58.1 Å². The van der Waals surface area contributed by atoms with E-state index in [1.165, 1.54) is 16.7 Å². The first-order valence-corrected chi connectivity index (χ1v) is 10.4. The van der Waals surface area contributed by atoms with Crippen LogP contribution in [0.3, 0.4) is 0 Å². The van der Waals surface area contributed by atoms with E-state index in [0.717, 1.165) is 36.8 Å². The van der Waals surface area contributed by atoms with Crippen molar-refractivity contribution < 1.29 is 9.47 Å². The minimum atomic E-state index is 0.639. The van der Waals surface area contributed by atoms with Crippen molar-refractivity contribution in [3.63, 3.8) is 0 Å². The second-order valence-electron chi connectivity index (χ2n) is 7.64. The lowest BCUT2D eigenvalue weighted by Crippen LogP contribution is -2.36. The van der Waals surface area contributed by atoms with Crippen LogP contribution < -0.4 is 15.4 Å². The van der Waals surface area contributed by atoms with Gasteiger partial charge in [-0.15, -0.1) is 0 Å². The molecule has 0 aliphatic heterocycles. The van der Waals surface area contributed by atoms with Crippen molar-refractivity contribution in [3.8, 4) is 5.75 Å². The minimum Gasteiger partial charge on any atom is -0.493 e. The zero-order valence-corrected chi connectivity index (χ0v) is 19.0. The molecule has 0 unspecified atom stereocenters.